The monoisotopic (exact) mass is 283 g/mol. The van der Waals surface area contributed by atoms with Gasteiger partial charge in [-0.25, -0.2) is 0 Å². The molecule has 0 unspecified atom stereocenters. The summed E-state index contributed by atoms with van der Waals surface area (Å²) in [6.07, 6.45) is 4.23. The topological polar surface area (TPSA) is 20.3 Å². The molecule has 2 nitrogen and oxygen atoms in total. The van der Waals surface area contributed by atoms with E-state index in [1.54, 1.807) is 11.8 Å². The van der Waals surface area contributed by atoms with Crippen molar-refractivity contribution in [1.82, 2.24) is 4.90 Å². The van der Waals surface area contributed by atoms with Gasteiger partial charge >= 0.3 is 0 Å². The summed E-state index contributed by atoms with van der Waals surface area (Å²) in [7, 11) is 0. The van der Waals surface area contributed by atoms with E-state index in [9.17, 15) is 4.79 Å². The fourth-order valence-corrected chi connectivity index (χ4v) is 2.75. The maximum Gasteiger partial charge on any atom is 0.255 e. The minimum Gasteiger partial charge on any atom is -0.333 e. The van der Waals surface area contributed by atoms with Gasteiger partial charge in [-0.2, -0.15) is 0 Å². The van der Waals surface area contributed by atoms with E-state index >= 15 is 0 Å². The van der Waals surface area contributed by atoms with E-state index in [0.29, 0.717) is 16.6 Å². The van der Waals surface area contributed by atoms with Gasteiger partial charge in [-0.15, -0.1) is 11.8 Å². The van der Waals surface area contributed by atoms with Crippen molar-refractivity contribution >= 4 is 29.3 Å². The van der Waals surface area contributed by atoms with Gasteiger partial charge in [0.25, 0.3) is 5.91 Å². The first kappa shape index (κ1) is 13.8. The van der Waals surface area contributed by atoms with Crippen molar-refractivity contribution < 1.29 is 4.79 Å². The Labute approximate surface area is 118 Å². The van der Waals surface area contributed by atoms with Crippen molar-refractivity contribution in [2.45, 2.75) is 43.7 Å². The molecule has 0 aromatic heterocycles. The number of carbonyl (C=O) groups excluding carboxylic acids is 1. The second-order valence-corrected chi connectivity index (χ2v) is 6.17. The number of thioether (sulfide) groups is 1. The molecule has 0 bridgehead atoms. The van der Waals surface area contributed by atoms with Crippen LogP contribution in [0.1, 0.15) is 37.0 Å². The van der Waals surface area contributed by atoms with E-state index in [1.165, 1.54) is 0 Å². The molecule has 1 amide bonds. The Morgan fingerprint density at radius 2 is 2.11 bits per heavy atom. The summed E-state index contributed by atoms with van der Waals surface area (Å²) in [6.45, 7) is 4.12. The van der Waals surface area contributed by atoms with Crippen LogP contribution in [0.3, 0.4) is 0 Å². The fraction of sp³-hybridized carbons (Fsp3) is 0.500. The summed E-state index contributed by atoms with van der Waals surface area (Å²) in [4.78, 5) is 15.6. The molecule has 98 valence electrons. The van der Waals surface area contributed by atoms with Gasteiger partial charge in [0.15, 0.2) is 0 Å². The van der Waals surface area contributed by atoms with Crippen LogP contribution in [0.4, 0.5) is 0 Å². The molecule has 0 heterocycles. The average Bonchev–Trinajstić information content (AvgIpc) is 3.13. The van der Waals surface area contributed by atoms with Crippen molar-refractivity contribution in [1.29, 1.82) is 0 Å². The van der Waals surface area contributed by atoms with Crippen molar-refractivity contribution in [2.24, 2.45) is 0 Å². The third kappa shape index (κ3) is 2.83. The fourth-order valence-electron chi connectivity index (χ4n) is 2.11. The normalized spacial score (nSPS) is 14.9. The van der Waals surface area contributed by atoms with Crippen LogP contribution in [-0.2, 0) is 0 Å². The van der Waals surface area contributed by atoms with E-state index in [4.69, 9.17) is 11.6 Å². The molecule has 0 radical (unpaired) electrons. The van der Waals surface area contributed by atoms with Crippen molar-refractivity contribution in [3.8, 4) is 0 Å². The number of halogens is 1. The summed E-state index contributed by atoms with van der Waals surface area (Å²) in [5, 5.41) is 0.545. The molecule has 1 aliphatic carbocycles. The van der Waals surface area contributed by atoms with Gasteiger partial charge in [0.1, 0.15) is 0 Å². The first-order valence-electron chi connectivity index (χ1n) is 6.20. The predicted octanol–water partition coefficient (Wildman–Crippen LogP) is 4.07. The van der Waals surface area contributed by atoms with Crippen LogP contribution in [0.15, 0.2) is 23.1 Å². The molecule has 1 fully saturated rings. The van der Waals surface area contributed by atoms with E-state index < -0.39 is 0 Å². The highest BCUT2D eigenvalue weighted by molar-refractivity contribution is 7.98. The minimum atomic E-state index is 0.0633. The van der Waals surface area contributed by atoms with Gasteiger partial charge in [-0.1, -0.05) is 11.6 Å². The summed E-state index contributed by atoms with van der Waals surface area (Å²) in [5.74, 6) is 0.0633. The van der Waals surface area contributed by atoms with Gasteiger partial charge in [0.05, 0.1) is 10.6 Å². The largest absolute Gasteiger partial charge is 0.333 e. The van der Waals surface area contributed by atoms with Crippen LogP contribution >= 0.6 is 23.4 Å². The first-order chi connectivity index (χ1) is 8.54. The molecular formula is C14H18ClNOS. The Kier molecular flexibility index (Phi) is 4.23. The quantitative estimate of drug-likeness (QED) is 0.776. The zero-order valence-electron chi connectivity index (χ0n) is 10.9. The molecule has 1 aliphatic rings. The lowest BCUT2D eigenvalue weighted by Gasteiger charge is -2.27. The van der Waals surface area contributed by atoms with Crippen molar-refractivity contribution in [2.75, 3.05) is 6.26 Å². The summed E-state index contributed by atoms with van der Waals surface area (Å²) in [6, 6.07) is 6.28. The molecule has 1 aromatic carbocycles. The molecule has 4 heteroatoms. The van der Waals surface area contributed by atoms with Crippen LogP contribution in [-0.4, -0.2) is 29.1 Å². The number of hydrogen-bond donors (Lipinski definition) is 0. The number of hydrogen-bond acceptors (Lipinski definition) is 2. The number of benzene rings is 1. The summed E-state index contributed by atoms with van der Waals surface area (Å²) >= 11 is 7.79. The molecule has 0 spiro atoms. The Morgan fingerprint density at radius 1 is 1.44 bits per heavy atom. The van der Waals surface area contributed by atoms with Crippen LogP contribution in [0.5, 0.6) is 0 Å². The number of nitrogens with zero attached hydrogens (tertiary/aromatic N) is 1. The van der Waals surface area contributed by atoms with Gasteiger partial charge < -0.3 is 4.90 Å². The van der Waals surface area contributed by atoms with Crippen LogP contribution < -0.4 is 0 Å². The molecule has 18 heavy (non-hydrogen) atoms. The van der Waals surface area contributed by atoms with E-state index in [-0.39, 0.29) is 11.9 Å². The zero-order valence-corrected chi connectivity index (χ0v) is 12.5. The van der Waals surface area contributed by atoms with Gasteiger partial charge in [0, 0.05) is 17.0 Å². The lowest BCUT2D eigenvalue weighted by atomic mass is 10.1. The van der Waals surface area contributed by atoms with Gasteiger partial charge in [0.2, 0.25) is 0 Å². The Balaban J connectivity index is 2.31. The molecule has 0 aliphatic heterocycles. The van der Waals surface area contributed by atoms with Crippen LogP contribution in [0.25, 0.3) is 0 Å². The number of amides is 1. The second-order valence-electron chi connectivity index (χ2n) is 4.88. The average molecular weight is 284 g/mol. The SMILES string of the molecule is CSc1ccc(Cl)c(C(=O)N(C(C)C)C2CC2)c1. The van der Waals surface area contributed by atoms with Gasteiger partial charge in [-0.3, -0.25) is 4.79 Å². The third-order valence-corrected chi connectivity index (χ3v) is 4.19. The minimum absolute atomic E-state index is 0.0633. The maximum absolute atomic E-state index is 12.6. The van der Waals surface area contributed by atoms with Gasteiger partial charge in [-0.05, 0) is 51.1 Å². The second kappa shape index (κ2) is 5.54. The molecule has 2 rings (SSSR count). The van der Waals surface area contributed by atoms with E-state index in [0.717, 1.165) is 17.7 Å². The van der Waals surface area contributed by atoms with Crippen LogP contribution in [0, 0.1) is 0 Å². The highest BCUT2D eigenvalue weighted by Gasteiger charge is 2.35. The molecule has 0 saturated heterocycles. The molecule has 0 atom stereocenters. The van der Waals surface area contributed by atoms with Crippen molar-refractivity contribution in [3.05, 3.63) is 28.8 Å². The predicted molar refractivity (Wildman–Crippen MR) is 77.6 cm³/mol. The highest BCUT2D eigenvalue weighted by Crippen LogP contribution is 2.32. The molecule has 1 aromatic rings. The zero-order chi connectivity index (χ0) is 13.3. The lowest BCUT2D eigenvalue weighted by Crippen LogP contribution is -2.38. The Morgan fingerprint density at radius 3 is 2.61 bits per heavy atom. The standard InChI is InChI=1S/C14H18ClNOS/c1-9(2)16(10-4-5-10)14(17)12-8-11(18-3)6-7-13(12)15/h6-10H,4-5H2,1-3H3. The summed E-state index contributed by atoms with van der Waals surface area (Å²) < 4.78 is 0. The Bertz CT molecular complexity index is 455. The van der Waals surface area contributed by atoms with Crippen molar-refractivity contribution in [3.63, 3.8) is 0 Å². The van der Waals surface area contributed by atoms with E-state index in [2.05, 4.69) is 13.8 Å². The summed E-state index contributed by atoms with van der Waals surface area (Å²) in [5.41, 5.74) is 0.629. The Hall–Kier alpha value is -0.670. The molecular weight excluding hydrogens is 266 g/mol. The lowest BCUT2D eigenvalue weighted by molar-refractivity contribution is 0.0690. The van der Waals surface area contributed by atoms with E-state index in [1.807, 2.05) is 29.4 Å². The number of carbonyl (C=O) groups is 1. The highest BCUT2D eigenvalue weighted by atomic mass is 35.5. The van der Waals surface area contributed by atoms with Crippen LogP contribution in [0.2, 0.25) is 5.02 Å². The molecule has 1 saturated carbocycles. The maximum atomic E-state index is 12.6. The molecule has 0 N–H and O–H groups in total. The third-order valence-electron chi connectivity index (χ3n) is 3.14. The smallest absolute Gasteiger partial charge is 0.255 e. The first-order valence-corrected chi connectivity index (χ1v) is 7.81. The number of rotatable bonds is 4.